The fourth-order valence-corrected chi connectivity index (χ4v) is 2.26. The lowest BCUT2D eigenvalue weighted by Gasteiger charge is -2.09. The Morgan fingerprint density at radius 2 is 1.04 bits per heavy atom. The molecule has 0 unspecified atom stereocenters. The summed E-state index contributed by atoms with van der Waals surface area (Å²) in [5, 5.41) is 4.47. The van der Waals surface area contributed by atoms with Crippen LogP contribution in [0.5, 0.6) is 0 Å². The predicted octanol–water partition coefficient (Wildman–Crippen LogP) is -1.76. The Hall–Kier alpha value is -2.02. The van der Waals surface area contributed by atoms with Gasteiger partial charge in [0.05, 0.1) is 31.7 Å². The molecule has 0 heterocycles. The van der Waals surface area contributed by atoms with E-state index in [1.165, 1.54) is 24.3 Å². The van der Waals surface area contributed by atoms with Crippen molar-refractivity contribution < 1.29 is 35.5 Å². The standard InChI is InChI=1S/C12H16N2O8S2/c15-11(13-5-7-23(17,18)19)9-1-2-10(4-3-9)12(16)14-6-8-24(20,21)22/h1-4H,5-8H2,(H,13,15)(H,14,16)(H,17,18,19)(H,20,21,22)/p-2. The van der Waals surface area contributed by atoms with Crippen LogP contribution >= 0.6 is 0 Å². The molecule has 1 rings (SSSR count). The van der Waals surface area contributed by atoms with Crippen molar-refractivity contribution in [3.05, 3.63) is 35.4 Å². The molecule has 10 nitrogen and oxygen atoms in total. The van der Waals surface area contributed by atoms with Gasteiger partial charge < -0.3 is 19.7 Å². The molecule has 0 bridgehead atoms. The van der Waals surface area contributed by atoms with E-state index in [0.717, 1.165) is 0 Å². The summed E-state index contributed by atoms with van der Waals surface area (Å²) in [5.41, 5.74) is 0.272. The van der Waals surface area contributed by atoms with E-state index in [0.29, 0.717) is 0 Å². The maximum atomic E-state index is 11.7. The van der Waals surface area contributed by atoms with E-state index in [-0.39, 0.29) is 24.2 Å². The quantitative estimate of drug-likeness (QED) is 0.500. The second-order valence-electron chi connectivity index (χ2n) is 4.61. The minimum absolute atomic E-state index is 0.136. The highest BCUT2D eigenvalue weighted by atomic mass is 32.2. The molecule has 12 heteroatoms. The van der Waals surface area contributed by atoms with Gasteiger partial charge in [-0.15, -0.1) is 0 Å². The van der Waals surface area contributed by atoms with E-state index in [2.05, 4.69) is 10.6 Å². The van der Waals surface area contributed by atoms with Gasteiger partial charge in [-0.25, -0.2) is 16.8 Å². The van der Waals surface area contributed by atoms with Crippen LogP contribution in [0, 0.1) is 0 Å². The second kappa shape index (κ2) is 8.19. The third-order valence-corrected chi connectivity index (χ3v) is 4.09. The topological polar surface area (TPSA) is 173 Å². The zero-order chi connectivity index (χ0) is 18.4. The van der Waals surface area contributed by atoms with Gasteiger partial charge in [-0.2, -0.15) is 0 Å². The number of nitrogens with one attached hydrogen (secondary N) is 2. The van der Waals surface area contributed by atoms with Crippen molar-refractivity contribution in [3.63, 3.8) is 0 Å². The SMILES string of the molecule is O=C(NCCS(=O)(=O)[O-])c1ccc(C(=O)NCCS(=O)(=O)[O-])cc1. The van der Waals surface area contributed by atoms with Gasteiger partial charge in [-0.3, -0.25) is 9.59 Å². The first-order valence-corrected chi connectivity index (χ1v) is 9.67. The van der Waals surface area contributed by atoms with Gasteiger partial charge in [0.15, 0.2) is 0 Å². The zero-order valence-electron chi connectivity index (χ0n) is 12.2. The maximum Gasteiger partial charge on any atom is 0.251 e. The average molecular weight is 378 g/mol. The minimum Gasteiger partial charge on any atom is -0.748 e. The number of carbonyl (C=O) groups is 2. The van der Waals surface area contributed by atoms with E-state index in [1.807, 2.05) is 0 Å². The lowest BCUT2D eigenvalue weighted by Crippen LogP contribution is -2.30. The molecule has 0 aliphatic heterocycles. The third-order valence-electron chi connectivity index (χ3n) is 2.68. The Kier molecular flexibility index (Phi) is 6.83. The zero-order valence-corrected chi connectivity index (χ0v) is 13.9. The Morgan fingerprint density at radius 1 is 0.750 bits per heavy atom. The highest BCUT2D eigenvalue weighted by Crippen LogP contribution is 2.04. The highest BCUT2D eigenvalue weighted by molar-refractivity contribution is 7.85. The summed E-state index contributed by atoms with van der Waals surface area (Å²) in [7, 11) is -8.84. The summed E-state index contributed by atoms with van der Waals surface area (Å²) in [4.78, 5) is 23.4. The van der Waals surface area contributed by atoms with Crippen LogP contribution in [0.4, 0.5) is 0 Å². The smallest absolute Gasteiger partial charge is 0.251 e. The van der Waals surface area contributed by atoms with E-state index in [9.17, 15) is 35.5 Å². The van der Waals surface area contributed by atoms with Crippen molar-refractivity contribution >= 4 is 32.1 Å². The lowest BCUT2D eigenvalue weighted by atomic mass is 10.1. The van der Waals surface area contributed by atoms with Gasteiger partial charge in [0.25, 0.3) is 11.8 Å². The van der Waals surface area contributed by atoms with Crippen molar-refractivity contribution in [2.45, 2.75) is 0 Å². The largest absolute Gasteiger partial charge is 0.748 e. The lowest BCUT2D eigenvalue weighted by molar-refractivity contribution is 0.0944. The molecular formula is C12H14N2O8S2-2. The summed E-state index contributed by atoms with van der Waals surface area (Å²) in [6.45, 7) is -0.673. The van der Waals surface area contributed by atoms with Crippen molar-refractivity contribution in [2.24, 2.45) is 0 Å². The summed E-state index contributed by atoms with van der Waals surface area (Å²) < 4.78 is 62.5. The molecule has 0 aromatic heterocycles. The monoisotopic (exact) mass is 378 g/mol. The maximum absolute atomic E-state index is 11.7. The summed E-state index contributed by atoms with van der Waals surface area (Å²) in [6.07, 6.45) is 0. The van der Waals surface area contributed by atoms with Crippen LogP contribution in [0.15, 0.2) is 24.3 Å². The van der Waals surface area contributed by atoms with Crippen LogP contribution in [-0.2, 0) is 20.2 Å². The Bertz CT molecular complexity index is 731. The highest BCUT2D eigenvalue weighted by Gasteiger charge is 2.09. The van der Waals surface area contributed by atoms with E-state index >= 15 is 0 Å². The van der Waals surface area contributed by atoms with Crippen molar-refractivity contribution in [1.29, 1.82) is 0 Å². The Balaban J connectivity index is 2.55. The van der Waals surface area contributed by atoms with Gasteiger partial charge in [0, 0.05) is 24.2 Å². The molecule has 0 saturated carbocycles. The molecule has 2 N–H and O–H groups in total. The Labute approximate surface area is 138 Å². The molecule has 0 saturated heterocycles. The van der Waals surface area contributed by atoms with Crippen LogP contribution in [-0.4, -0.2) is 62.4 Å². The third kappa shape index (κ3) is 8.01. The molecule has 1 aromatic carbocycles. The molecular weight excluding hydrogens is 364 g/mol. The van der Waals surface area contributed by atoms with Crippen LogP contribution in [0.25, 0.3) is 0 Å². The molecule has 24 heavy (non-hydrogen) atoms. The molecule has 1 aromatic rings. The number of benzene rings is 1. The van der Waals surface area contributed by atoms with Gasteiger partial charge in [0.1, 0.15) is 0 Å². The fraction of sp³-hybridized carbons (Fsp3) is 0.333. The normalized spacial score (nSPS) is 11.8. The predicted molar refractivity (Wildman–Crippen MR) is 80.2 cm³/mol. The first-order chi connectivity index (χ1) is 11.0. The van der Waals surface area contributed by atoms with Gasteiger partial charge in [0.2, 0.25) is 0 Å². The van der Waals surface area contributed by atoms with Crippen molar-refractivity contribution in [1.82, 2.24) is 10.6 Å². The Morgan fingerprint density at radius 3 is 1.29 bits per heavy atom. The number of carbonyl (C=O) groups excluding carboxylic acids is 2. The molecule has 0 fully saturated rings. The van der Waals surface area contributed by atoms with Crippen molar-refractivity contribution in [2.75, 3.05) is 24.6 Å². The number of rotatable bonds is 8. The van der Waals surface area contributed by atoms with Crippen LogP contribution < -0.4 is 10.6 Å². The van der Waals surface area contributed by atoms with Crippen molar-refractivity contribution in [3.8, 4) is 0 Å². The second-order valence-corrected chi connectivity index (χ2v) is 7.66. The van der Waals surface area contributed by atoms with Crippen LogP contribution in [0.1, 0.15) is 20.7 Å². The van der Waals surface area contributed by atoms with Gasteiger partial charge in [-0.05, 0) is 24.3 Å². The molecule has 0 radical (unpaired) electrons. The first-order valence-electron chi connectivity index (χ1n) is 6.51. The minimum atomic E-state index is -4.42. The van der Waals surface area contributed by atoms with Crippen LogP contribution in [0.2, 0.25) is 0 Å². The number of hydrogen-bond acceptors (Lipinski definition) is 8. The summed E-state index contributed by atoms with van der Waals surface area (Å²) in [6, 6.07) is 5.17. The molecule has 134 valence electrons. The average Bonchev–Trinajstić information content (AvgIpc) is 2.44. The number of amides is 2. The van der Waals surface area contributed by atoms with E-state index < -0.39 is 43.6 Å². The fourth-order valence-electron chi connectivity index (χ4n) is 1.56. The summed E-state index contributed by atoms with van der Waals surface area (Å²) >= 11 is 0. The van der Waals surface area contributed by atoms with E-state index in [4.69, 9.17) is 0 Å². The molecule has 0 aliphatic rings. The molecule has 0 atom stereocenters. The van der Waals surface area contributed by atoms with E-state index in [1.54, 1.807) is 0 Å². The first kappa shape index (κ1) is 20.0. The molecule has 0 spiro atoms. The summed E-state index contributed by atoms with van der Waals surface area (Å²) in [5.74, 6) is -2.71. The molecule has 0 aliphatic carbocycles. The van der Waals surface area contributed by atoms with Crippen LogP contribution in [0.3, 0.4) is 0 Å². The molecule has 2 amide bonds. The van der Waals surface area contributed by atoms with Gasteiger partial charge >= 0.3 is 0 Å². The number of hydrogen-bond donors (Lipinski definition) is 2. The van der Waals surface area contributed by atoms with Gasteiger partial charge in [-0.1, -0.05) is 0 Å².